The molecule has 0 bridgehead atoms. The normalized spacial score (nSPS) is 9.50. The van der Waals surface area contributed by atoms with Crippen molar-refractivity contribution in [2.24, 2.45) is 0 Å². The first-order valence-corrected chi connectivity index (χ1v) is 3.01. The molecule has 1 rings (SSSR count). The molecule has 0 amide bonds. The fourth-order valence-corrected chi connectivity index (χ4v) is 0.754. The largest absolute Gasteiger partial charge is 0.483 e. The zero-order chi connectivity index (χ0) is 9.14. The highest BCUT2D eigenvalue weighted by Crippen LogP contribution is 2.26. The molecule has 12 heavy (non-hydrogen) atoms. The van der Waals surface area contributed by atoms with Crippen LogP contribution in [0.3, 0.4) is 0 Å². The average Bonchev–Trinajstić information content (AvgIpc) is 2.03. The first-order valence-electron chi connectivity index (χ1n) is 3.01. The zero-order valence-corrected chi connectivity index (χ0v) is 5.99. The van der Waals surface area contributed by atoms with Crippen molar-refractivity contribution >= 4 is 5.69 Å². The molecule has 0 aliphatic rings. The highest BCUT2D eigenvalue weighted by atomic mass is 19.1. The van der Waals surface area contributed by atoms with E-state index in [1.807, 2.05) is 0 Å². The van der Waals surface area contributed by atoms with Crippen LogP contribution in [-0.2, 0) is 0 Å². The Hall–Kier alpha value is -1.65. The summed E-state index contributed by atoms with van der Waals surface area (Å²) in [7, 11) is 2.97. The zero-order valence-electron chi connectivity index (χ0n) is 5.99. The molecular weight excluding hydrogens is 165 g/mol. The highest BCUT2D eigenvalue weighted by molar-refractivity contribution is 5.46. The molecule has 0 saturated carbocycles. The van der Waals surface area contributed by atoms with Crippen molar-refractivity contribution < 1.29 is 14.1 Å². The quantitative estimate of drug-likeness (QED) is 0.503. The molecule has 63 valence electrons. The van der Waals surface area contributed by atoms with E-state index < -0.39 is 10.7 Å². The number of nitro groups is 1. The third-order valence-electron chi connectivity index (χ3n) is 1.27. The van der Waals surface area contributed by atoms with Gasteiger partial charge in [-0.3, -0.25) is 10.1 Å². The van der Waals surface area contributed by atoms with Gasteiger partial charge in [0.05, 0.1) is 4.92 Å². The van der Waals surface area contributed by atoms with Gasteiger partial charge in [0.1, 0.15) is 12.9 Å². The van der Waals surface area contributed by atoms with Crippen LogP contribution >= 0.6 is 0 Å². The van der Waals surface area contributed by atoms with Crippen LogP contribution in [0.4, 0.5) is 10.1 Å². The Balaban J connectivity index is 3.20. The maximum atomic E-state index is 12.5. The summed E-state index contributed by atoms with van der Waals surface area (Å²) in [5, 5.41) is 10.3. The summed E-state index contributed by atoms with van der Waals surface area (Å²) in [6, 6.07) is 2.92. The van der Waals surface area contributed by atoms with Crippen LogP contribution < -0.4 is 4.74 Å². The van der Waals surface area contributed by atoms with Crippen LogP contribution in [0.2, 0.25) is 0 Å². The van der Waals surface area contributed by atoms with Gasteiger partial charge in [-0.2, -0.15) is 0 Å². The van der Waals surface area contributed by atoms with Gasteiger partial charge < -0.3 is 4.74 Å². The minimum atomic E-state index is -0.667. The molecule has 0 heterocycles. The van der Waals surface area contributed by atoms with Crippen LogP contribution in [0.25, 0.3) is 0 Å². The summed E-state index contributed by atoms with van der Waals surface area (Å²) in [5.74, 6) is -0.778. The molecule has 5 heteroatoms. The molecule has 0 aliphatic carbocycles. The topological polar surface area (TPSA) is 52.4 Å². The smallest absolute Gasteiger partial charge is 0.311 e. The summed E-state index contributed by atoms with van der Waals surface area (Å²) in [5.41, 5.74) is -0.300. The van der Waals surface area contributed by atoms with Crippen LogP contribution in [0.5, 0.6) is 5.75 Å². The third kappa shape index (κ3) is 1.50. The van der Waals surface area contributed by atoms with Crippen LogP contribution in [-0.4, -0.2) is 4.92 Å². The fourth-order valence-electron chi connectivity index (χ4n) is 0.754. The molecule has 0 spiro atoms. The van der Waals surface area contributed by atoms with Gasteiger partial charge in [0.25, 0.3) is 0 Å². The highest BCUT2D eigenvalue weighted by Gasteiger charge is 2.14. The minimum absolute atomic E-state index is 0.181. The first-order chi connectivity index (χ1) is 5.65. The van der Waals surface area contributed by atoms with Crippen molar-refractivity contribution in [3.8, 4) is 5.75 Å². The van der Waals surface area contributed by atoms with Crippen molar-refractivity contribution in [2.45, 2.75) is 0 Å². The molecule has 1 radical (unpaired) electrons. The van der Waals surface area contributed by atoms with E-state index in [2.05, 4.69) is 11.8 Å². The van der Waals surface area contributed by atoms with E-state index in [9.17, 15) is 14.5 Å². The van der Waals surface area contributed by atoms with Crippen molar-refractivity contribution in [3.63, 3.8) is 0 Å². The van der Waals surface area contributed by atoms with Gasteiger partial charge in [-0.05, 0) is 6.07 Å². The van der Waals surface area contributed by atoms with Crippen molar-refractivity contribution in [1.29, 1.82) is 0 Å². The van der Waals surface area contributed by atoms with E-state index in [0.29, 0.717) is 0 Å². The molecule has 0 fully saturated rings. The van der Waals surface area contributed by atoms with Gasteiger partial charge in [-0.15, -0.1) is 0 Å². The van der Waals surface area contributed by atoms with Gasteiger partial charge in [-0.1, -0.05) is 0 Å². The average molecular weight is 170 g/mol. The summed E-state index contributed by atoms with van der Waals surface area (Å²) >= 11 is 0. The van der Waals surface area contributed by atoms with Gasteiger partial charge in [0.15, 0.2) is 5.75 Å². The van der Waals surface area contributed by atoms with Crippen molar-refractivity contribution in [2.75, 3.05) is 0 Å². The monoisotopic (exact) mass is 170 g/mol. The molecule has 1 aromatic rings. The van der Waals surface area contributed by atoms with E-state index in [1.165, 1.54) is 0 Å². The fraction of sp³-hybridized carbons (Fsp3) is 0. The summed E-state index contributed by atoms with van der Waals surface area (Å²) in [6.45, 7) is 0. The molecular formula is C7H5FNO3. The molecule has 4 nitrogen and oxygen atoms in total. The second-order valence-electron chi connectivity index (χ2n) is 2.01. The number of benzene rings is 1. The Morgan fingerprint density at radius 3 is 2.75 bits per heavy atom. The summed E-state index contributed by atoms with van der Waals surface area (Å²) in [4.78, 5) is 9.60. The first kappa shape index (κ1) is 8.45. The minimum Gasteiger partial charge on any atom is -0.483 e. The van der Waals surface area contributed by atoms with E-state index in [4.69, 9.17) is 0 Å². The maximum absolute atomic E-state index is 12.5. The lowest BCUT2D eigenvalue weighted by atomic mass is 10.3. The number of nitrogens with zero attached hydrogens (tertiary/aromatic N) is 1. The van der Waals surface area contributed by atoms with Crippen LogP contribution in [0, 0.1) is 23.0 Å². The van der Waals surface area contributed by atoms with Gasteiger partial charge in [0.2, 0.25) is 0 Å². The Morgan fingerprint density at radius 2 is 2.25 bits per heavy atom. The lowest BCUT2D eigenvalue weighted by Gasteiger charge is -1.99. The molecule has 0 atom stereocenters. The maximum Gasteiger partial charge on any atom is 0.311 e. The predicted molar refractivity (Wildman–Crippen MR) is 39.0 cm³/mol. The Kier molecular flexibility index (Phi) is 2.23. The van der Waals surface area contributed by atoms with E-state index in [1.54, 1.807) is 0 Å². The summed E-state index contributed by atoms with van der Waals surface area (Å²) in [6.07, 6.45) is 0. The predicted octanol–water partition coefficient (Wildman–Crippen LogP) is 1.90. The van der Waals surface area contributed by atoms with Crippen molar-refractivity contribution in [1.82, 2.24) is 0 Å². The summed E-state index contributed by atoms with van der Waals surface area (Å²) < 4.78 is 16.8. The van der Waals surface area contributed by atoms with Crippen LogP contribution in [0.15, 0.2) is 18.2 Å². The molecule has 1 aromatic carbocycles. The lowest BCUT2D eigenvalue weighted by molar-refractivity contribution is -0.385. The second-order valence-corrected chi connectivity index (χ2v) is 2.01. The molecule has 0 aromatic heterocycles. The SMILES string of the molecule is [CH2]Oc1cc(F)ccc1[N+](=O)[O-]. The number of halogens is 1. The van der Waals surface area contributed by atoms with Gasteiger partial charge in [0, 0.05) is 12.1 Å². The van der Waals surface area contributed by atoms with E-state index in [0.717, 1.165) is 18.2 Å². The lowest BCUT2D eigenvalue weighted by Crippen LogP contribution is -1.92. The number of hydrogen-bond donors (Lipinski definition) is 0. The number of hydrogen-bond acceptors (Lipinski definition) is 3. The van der Waals surface area contributed by atoms with Gasteiger partial charge >= 0.3 is 5.69 Å². The number of rotatable bonds is 2. The molecule has 0 aliphatic heterocycles. The molecule has 0 saturated heterocycles. The van der Waals surface area contributed by atoms with Crippen LogP contribution in [0.1, 0.15) is 0 Å². The Bertz CT molecular complexity index is 314. The number of nitro benzene ring substituents is 1. The standard InChI is InChI=1S/C7H5FNO3/c1-12-7-4-5(8)2-3-6(7)9(10)11/h2-4H,1H2. The Morgan fingerprint density at radius 1 is 1.58 bits per heavy atom. The van der Waals surface area contributed by atoms with E-state index >= 15 is 0 Å². The van der Waals surface area contributed by atoms with Crippen molar-refractivity contribution in [3.05, 3.63) is 41.2 Å². The Labute approximate surface area is 67.7 Å². The van der Waals surface area contributed by atoms with Gasteiger partial charge in [-0.25, -0.2) is 4.39 Å². The molecule has 0 N–H and O–H groups in total. The molecule has 0 unspecified atom stereocenters. The second kappa shape index (κ2) is 3.17. The third-order valence-corrected chi connectivity index (χ3v) is 1.27. The number of ether oxygens (including phenoxy) is 1. The van der Waals surface area contributed by atoms with E-state index in [-0.39, 0.29) is 11.4 Å².